The molecule has 1 heterocycles. The number of hydrogen-bond acceptors (Lipinski definition) is 2. The molecule has 1 saturated carbocycles. The predicted molar refractivity (Wildman–Crippen MR) is 107 cm³/mol. The Morgan fingerprint density at radius 2 is 1.62 bits per heavy atom. The minimum Gasteiger partial charge on any atom is -0.302 e. The fourth-order valence-electron chi connectivity index (χ4n) is 3.61. The highest BCUT2D eigenvalue weighted by molar-refractivity contribution is 9.10. The first-order chi connectivity index (χ1) is 11.7. The Hall–Kier alpha value is -1.39. The molecule has 0 radical (unpaired) electrons. The molecule has 24 heavy (non-hydrogen) atoms. The first-order valence-corrected chi connectivity index (χ1v) is 9.84. The summed E-state index contributed by atoms with van der Waals surface area (Å²) in [6.07, 6.45) is 5.83. The van der Waals surface area contributed by atoms with Crippen LogP contribution in [-0.4, -0.2) is 5.71 Å². The third kappa shape index (κ3) is 3.22. The monoisotopic (exact) mass is 444 g/mol. The second kappa shape index (κ2) is 6.85. The van der Waals surface area contributed by atoms with E-state index in [9.17, 15) is 0 Å². The maximum atomic E-state index is 4.71. The van der Waals surface area contributed by atoms with E-state index < -0.39 is 0 Å². The highest BCUT2D eigenvalue weighted by atomic mass is 79.9. The Balaban J connectivity index is 1.60. The third-order valence-electron chi connectivity index (χ3n) is 4.81. The van der Waals surface area contributed by atoms with Crippen molar-refractivity contribution < 1.29 is 0 Å². The van der Waals surface area contributed by atoms with Crippen molar-refractivity contribution in [2.24, 2.45) is 11.0 Å². The zero-order chi connectivity index (χ0) is 16.5. The number of fused-ring (bicyclic) bond motifs is 1. The molecular weight excluding hydrogens is 428 g/mol. The summed E-state index contributed by atoms with van der Waals surface area (Å²) in [4.78, 5) is 0. The van der Waals surface area contributed by atoms with E-state index >= 15 is 0 Å². The molecule has 122 valence electrons. The number of nitrogens with one attached hydrogen (secondary N) is 1. The number of allylic oxidation sites excluding steroid dienone is 1. The SMILES string of the molecule is Brc1ccc(/C=C2/CCCC3C2=NNC3c2ccc(Br)cc2)cc1. The first kappa shape index (κ1) is 16.1. The van der Waals surface area contributed by atoms with Crippen molar-refractivity contribution in [3.63, 3.8) is 0 Å². The van der Waals surface area contributed by atoms with Gasteiger partial charge in [0.1, 0.15) is 0 Å². The van der Waals surface area contributed by atoms with Gasteiger partial charge in [0.05, 0.1) is 11.8 Å². The van der Waals surface area contributed by atoms with Gasteiger partial charge in [-0.3, -0.25) is 0 Å². The largest absolute Gasteiger partial charge is 0.302 e. The molecule has 0 aromatic heterocycles. The topological polar surface area (TPSA) is 24.4 Å². The van der Waals surface area contributed by atoms with E-state index in [1.165, 1.54) is 35.3 Å². The lowest BCUT2D eigenvalue weighted by atomic mass is 9.78. The molecule has 2 aromatic carbocycles. The minimum atomic E-state index is 0.293. The minimum absolute atomic E-state index is 0.293. The van der Waals surface area contributed by atoms with Gasteiger partial charge < -0.3 is 5.43 Å². The van der Waals surface area contributed by atoms with Crippen molar-refractivity contribution in [1.82, 2.24) is 5.43 Å². The van der Waals surface area contributed by atoms with Crippen LogP contribution in [0.1, 0.15) is 36.4 Å². The number of hydrazone groups is 1. The van der Waals surface area contributed by atoms with Crippen molar-refractivity contribution in [3.05, 3.63) is 74.2 Å². The first-order valence-electron chi connectivity index (χ1n) is 8.26. The second-order valence-corrected chi connectivity index (χ2v) is 8.21. The fraction of sp³-hybridized carbons (Fsp3) is 0.250. The molecule has 0 spiro atoms. The number of halogens is 2. The molecule has 2 unspecified atom stereocenters. The highest BCUT2D eigenvalue weighted by Crippen LogP contribution is 2.39. The standard InChI is InChI=1S/C20H18Br2N2/c21-16-8-4-13(5-9-16)12-15-2-1-3-18-19(23-24-20(15)18)14-6-10-17(22)11-7-14/h4-12,18-19,23H,1-3H2/b15-12-. The molecule has 1 N–H and O–H groups in total. The molecule has 2 atom stereocenters. The van der Waals surface area contributed by atoms with Crippen LogP contribution in [0.5, 0.6) is 0 Å². The van der Waals surface area contributed by atoms with Crippen LogP contribution in [0.4, 0.5) is 0 Å². The van der Waals surface area contributed by atoms with Gasteiger partial charge in [-0.15, -0.1) is 0 Å². The van der Waals surface area contributed by atoms with Gasteiger partial charge in [0.25, 0.3) is 0 Å². The lowest BCUT2D eigenvalue weighted by molar-refractivity contribution is 0.451. The highest BCUT2D eigenvalue weighted by Gasteiger charge is 2.36. The van der Waals surface area contributed by atoms with Gasteiger partial charge in [-0.05, 0) is 66.3 Å². The van der Waals surface area contributed by atoms with Crippen molar-refractivity contribution in [2.45, 2.75) is 25.3 Å². The summed E-state index contributed by atoms with van der Waals surface area (Å²) < 4.78 is 2.23. The van der Waals surface area contributed by atoms with Gasteiger partial charge in [-0.2, -0.15) is 5.10 Å². The Morgan fingerprint density at radius 1 is 0.958 bits per heavy atom. The summed E-state index contributed by atoms with van der Waals surface area (Å²) in [5.41, 5.74) is 8.56. The summed E-state index contributed by atoms with van der Waals surface area (Å²) in [7, 11) is 0. The summed E-state index contributed by atoms with van der Waals surface area (Å²) in [6.45, 7) is 0. The molecule has 0 bridgehead atoms. The maximum Gasteiger partial charge on any atom is 0.0773 e. The molecule has 0 saturated heterocycles. The molecule has 1 aliphatic carbocycles. The molecule has 4 rings (SSSR count). The lowest BCUT2D eigenvalue weighted by Gasteiger charge is -2.26. The van der Waals surface area contributed by atoms with E-state index in [0.29, 0.717) is 12.0 Å². The summed E-state index contributed by atoms with van der Waals surface area (Å²) in [5.74, 6) is 0.474. The van der Waals surface area contributed by atoms with Gasteiger partial charge in [0, 0.05) is 14.9 Å². The average Bonchev–Trinajstić information content (AvgIpc) is 3.03. The Labute approximate surface area is 159 Å². The smallest absolute Gasteiger partial charge is 0.0773 e. The van der Waals surface area contributed by atoms with Crippen LogP contribution in [0.25, 0.3) is 6.08 Å². The van der Waals surface area contributed by atoms with Gasteiger partial charge in [-0.25, -0.2) is 0 Å². The van der Waals surface area contributed by atoms with Crippen molar-refractivity contribution in [3.8, 4) is 0 Å². The third-order valence-corrected chi connectivity index (χ3v) is 5.87. The predicted octanol–water partition coefficient (Wildman–Crippen LogP) is 6.10. The number of rotatable bonds is 2. The van der Waals surface area contributed by atoms with E-state index in [1.807, 2.05) is 0 Å². The molecule has 1 fully saturated rings. The van der Waals surface area contributed by atoms with Crippen LogP contribution in [-0.2, 0) is 0 Å². The summed E-state index contributed by atoms with van der Waals surface area (Å²) in [6, 6.07) is 17.4. The van der Waals surface area contributed by atoms with Crippen LogP contribution in [0.2, 0.25) is 0 Å². The number of nitrogens with zero attached hydrogens (tertiary/aromatic N) is 1. The van der Waals surface area contributed by atoms with Crippen molar-refractivity contribution >= 4 is 43.6 Å². The molecule has 2 aromatic rings. The molecule has 4 heteroatoms. The zero-order valence-electron chi connectivity index (χ0n) is 13.2. The fourth-order valence-corrected chi connectivity index (χ4v) is 4.14. The van der Waals surface area contributed by atoms with E-state index in [4.69, 9.17) is 5.10 Å². The Kier molecular flexibility index (Phi) is 4.59. The summed E-state index contributed by atoms with van der Waals surface area (Å²) >= 11 is 7.01. The molecule has 0 amide bonds. The Bertz CT molecular complexity index is 791. The van der Waals surface area contributed by atoms with Crippen LogP contribution < -0.4 is 5.43 Å². The quantitative estimate of drug-likeness (QED) is 0.593. The van der Waals surface area contributed by atoms with Gasteiger partial charge >= 0.3 is 0 Å². The molecule has 2 nitrogen and oxygen atoms in total. The number of benzene rings is 2. The molecule has 2 aliphatic rings. The maximum absolute atomic E-state index is 4.71. The number of hydrogen-bond donors (Lipinski definition) is 1. The molecule has 1 aliphatic heterocycles. The van der Waals surface area contributed by atoms with Crippen molar-refractivity contribution in [2.75, 3.05) is 0 Å². The second-order valence-electron chi connectivity index (χ2n) is 6.38. The van der Waals surface area contributed by atoms with E-state index in [1.54, 1.807) is 0 Å². The van der Waals surface area contributed by atoms with Crippen LogP contribution in [0.15, 0.2) is 68.2 Å². The van der Waals surface area contributed by atoms with Crippen LogP contribution in [0.3, 0.4) is 0 Å². The van der Waals surface area contributed by atoms with Gasteiger partial charge in [0.2, 0.25) is 0 Å². The van der Waals surface area contributed by atoms with E-state index in [0.717, 1.165) is 15.4 Å². The zero-order valence-corrected chi connectivity index (χ0v) is 16.3. The summed E-state index contributed by atoms with van der Waals surface area (Å²) in [5, 5.41) is 4.71. The lowest BCUT2D eigenvalue weighted by Crippen LogP contribution is -2.25. The Morgan fingerprint density at radius 3 is 2.33 bits per heavy atom. The average molecular weight is 446 g/mol. The van der Waals surface area contributed by atoms with Gasteiger partial charge in [-0.1, -0.05) is 56.1 Å². The van der Waals surface area contributed by atoms with E-state index in [-0.39, 0.29) is 0 Å². The van der Waals surface area contributed by atoms with Gasteiger partial charge in [0.15, 0.2) is 0 Å². The molecular formula is C20H18Br2N2. The normalized spacial score (nSPS) is 24.4. The van der Waals surface area contributed by atoms with Crippen LogP contribution >= 0.6 is 31.9 Å². The van der Waals surface area contributed by atoms with Crippen LogP contribution in [0, 0.1) is 5.92 Å². The van der Waals surface area contributed by atoms with Crippen molar-refractivity contribution in [1.29, 1.82) is 0 Å². The van der Waals surface area contributed by atoms with E-state index in [2.05, 4.69) is 91.9 Å².